The van der Waals surface area contributed by atoms with Gasteiger partial charge in [0.1, 0.15) is 21.9 Å². The zero-order valence-corrected chi connectivity index (χ0v) is 24.3. The summed E-state index contributed by atoms with van der Waals surface area (Å²) in [7, 11) is -2.68. The van der Waals surface area contributed by atoms with E-state index < -0.39 is 33.4 Å². The van der Waals surface area contributed by atoms with E-state index in [2.05, 4.69) is 9.97 Å². The summed E-state index contributed by atoms with van der Waals surface area (Å²) in [5, 5.41) is 1.50. The van der Waals surface area contributed by atoms with Gasteiger partial charge in [-0.1, -0.05) is 11.6 Å². The van der Waals surface area contributed by atoms with Crippen molar-refractivity contribution in [1.82, 2.24) is 14.9 Å². The van der Waals surface area contributed by atoms with Crippen LogP contribution in [0, 0.1) is 0 Å². The summed E-state index contributed by atoms with van der Waals surface area (Å²) in [6.45, 7) is 11.2. The van der Waals surface area contributed by atoms with Crippen molar-refractivity contribution in [1.29, 1.82) is 0 Å². The topological polar surface area (TPSA) is 122 Å². The van der Waals surface area contributed by atoms with Crippen LogP contribution in [0.25, 0.3) is 0 Å². The lowest BCUT2D eigenvalue weighted by Crippen LogP contribution is -2.41. The van der Waals surface area contributed by atoms with Gasteiger partial charge in [-0.25, -0.2) is 28.0 Å². The monoisotopic (exact) mass is 573 g/mol. The molecule has 204 valence electrons. The Balaban J connectivity index is 1.84. The maximum Gasteiger partial charge on any atom is 0.430 e. The van der Waals surface area contributed by atoms with Crippen molar-refractivity contribution in [3.63, 3.8) is 0 Å². The highest BCUT2D eigenvalue weighted by Gasteiger charge is 2.37. The van der Waals surface area contributed by atoms with Crippen LogP contribution in [0.4, 0.5) is 21.2 Å². The molecule has 0 aliphatic carbocycles. The van der Waals surface area contributed by atoms with Gasteiger partial charge < -0.3 is 19.3 Å². The molecule has 1 fully saturated rings. The quantitative estimate of drug-likeness (QED) is 0.497. The molecule has 1 aliphatic rings. The minimum atomic E-state index is -4.45. The second-order valence-electron chi connectivity index (χ2n) is 10.6. The van der Waals surface area contributed by atoms with Crippen LogP contribution in [-0.2, 0) is 19.5 Å². The Hall–Kier alpha value is -2.64. The van der Waals surface area contributed by atoms with Crippen molar-refractivity contribution in [3.8, 4) is 0 Å². The van der Waals surface area contributed by atoms with Crippen LogP contribution in [0.15, 0.2) is 28.0 Å². The zero-order chi connectivity index (χ0) is 27.8. The summed E-state index contributed by atoms with van der Waals surface area (Å²) < 4.78 is 38.3. The van der Waals surface area contributed by atoms with E-state index in [0.717, 1.165) is 17.5 Å². The van der Waals surface area contributed by atoms with E-state index in [0.29, 0.717) is 29.6 Å². The van der Waals surface area contributed by atoms with Gasteiger partial charge in [-0.15, -0.1) is 15.6 Å². The average molecular weight is 574 g/mol. The van der Waals surface area contributed by atoms with Gasteiger partial charge in [0, 0.05) is 37.8 Å². The highest BCUT2D eigenvalue weighted by atomic mass is 35.5. The molecule has 14 heteroatoms. The molecule has 37 heavy (non-hydrogen) atoms. The van der Waals surface area contributed by atoms with Gasteiger partial charge in [0.25, 0.3) is 10.0 Å². The number of carbonyl (C=O) groups is 2. The summed E-state index contributed by atoms with van der Waals surface area (Å²) in [6.07, 6.45) is 0.304. The Morgan fingerprint density at radius 1 is 1.14 bits per heavy atom. The maximum atomic E-state index is 13.5. The van der Waals surface area contributed by atoms with Gasteiger partial charge >= 0.3 is 12.2 Å². The number of amides is 2. The highest BCUT2D eigenvalue weighted by Crippen LogP contribution is 2.32. The minimum Gasteiger partial charge on any atom is -0.444 e. The van der Waals surface area contributed by atoms with E-state index in [9.17, 15) is 18.0 Å². The van der Waals surface area contributed by atoms with Gasteiger partial charge in [-0.05, 0) is 54.0 Å². The first-order valence-electron chi connectivity index (χ1n) is 11.5. The molecule has 2 aromatic rings. The number of anilines is 2. The van der Waals surface area contributed by atoms with Crippen molar-refractivity contribution in [2.24, 2.45) is 0 Å². The number of aromatic nitrogens is 2. The fourth-order valence-electron chi connectivity index (χ4n) is 3.57. The zero-order valence-electron chi connectivity index (χ0n) is 21.9. The van der Waals surface area contributed by atoms with E-state index >= 15 is 0 Å². The number of likely N-dealkylation sites (tertiary alicyclic amines) is 1. The van der Waals surface area contributed by atoms with Crippen LogP contribution in [-0.4, -0.2) is 72.9 Å². The molecule has 0 saturated carbocycles. The van der Waals surface area contributed by atoms with Gasteiger partial charge in [0.2, 0.25) is 0 Å². The fourth-order valence-corrected chi connectivity index (χ4v) is 5.76. The second-order valence-corrected chi connectivity index (χ2v) is 13.5. The number of ether oxygens (including phenoxy) is 2. The lowest BCUT2D eigenvalue weighted by molar-refractivity contribution is 0.0292. The van der Waals surface area contributed by atoms with Crippen molar-refractivity contribution in [2.45, 2.75) is 70.1 Å². The number of nitrogens with zero attached hydrogens (tertiary/aromatic N) is 5. The molecule has 0 unspecified atom stereocenters. The molecule has 3 rings (SSSR count). The van der Waals surface area contributed by atoms with Crippen molar-refractivity contribution in [3.05, 3.63) is 28.2 Å². The average Bonchev–Trinajstić information content (AvgIpc) is 3.43. The van der Waals surface area contributed by atoms with Crippen LogP contribution in [0.5, 0.6) is 0 Å². The molecule has 0 spiro atoms. The lowest BCUT2D eigenvalue weighted by Gasteiger charge is -2.28. The normalized spacial score (nSPS) is 16.4. The molecule has 0 N–H and O–H groups in total. The van der Waals surface area contributed by atoms with E-state index in [1.54, 1.807) is 37.6 Å². The third-order valence-corrected chi connectivity index (χ3v) is 7.71. The number of carbonyl (C=O) groups excluding carboxylic acids is 2. The summed E-state index contributed by atoms with van der Waals surface area (Å²) in [6, 6.07) is 1.13. The van der Waals surface area contributed by atoms with Gasteiger partial charge in [-0.3, -0.25) is 0 Å². The third kappa shape index (κ3) is 7.02. The maximum absolute atomic E-state index is 13.5. The summed E-state index contributed by atoms with van der Waals surface area (Å²) in [5.41, 5.74) is -0.121. The number of halogens is 1. The minimum absolute atomic E-state index is 0.0710. The molecule has 1 aliphatic heterocycles. The molecular formula is C23H32ClN5O6S2. The van der Waals surface area contributed by atoms with Crippen molar-refractivity contribution < 1.29 is 27.5 Å². The number of pyridine rings is 1. The third-order valence-electron chi connectivity index (χ3n) is 5.22. The standard InChI is InChI=1S/C23H32ClN5O6S2/c1-22(2,3)34-20(30)28-9-8-15(12-28)27(7)19-17(24)10-16(11-25-19)37(32,33)29(18-13-36-14-26-18)21(31)35-23(4,5)6/h10-11,13-15H,8-9,12H2,1-7H3/t15-/m0/s1. The van der Waals surface area contributed by atoms with Crippen LogP contribution in [0.1, 0.15) is 48.0 Å². The molecule has 2 aromatic heterocycles. The Bertz CT molecular complexity index is 1240. The molecule has 3 heterocycles. The highest BCUT2D eigenvalue weighted by molar-refractivity contribution is 7.93. The van der Waals surface area contributed by atoms with Crippen LogP contribution in [0.3, 0.4) is 0 Å². The number of hydrogen-bond donors (Lipinski definition) is 0. The molecule has 2 amide bonds. The predicted molar refractivity (Wildman–Crippen MR) is 142 cm³/mol. The molecule has 11 nitrogen and oxygen atoms in total. The first-order chi connectivity index (χ1) is 17.0. The fraction of sp³-hybridized carbons (Fsp3) is 0.565. The first kappa shape index (κ1) is 28.9. The molecule has 1 atom stereocenters. The van der Waals surface area contributed by atoms with Gasteiger partial charge in [0.15, 0.2) is 5.82 Å². The van der Waals surface area contributed by atoms with Crippen LogP contribution >= 0.6 is 22.9 Å². The predicted octanol–water partition coefficient (Wildman–Crippen LogP) is 4.77. The molecule has 0 aromatic carbocycles. The van der Waals surface area contributed by atoms with Gasteiger partial charge in [-0.2, -0.15) is 0 Å². The summed E-state index contributed by atoms with van der Waals surface area (Å²) >= 11 is 7.62. The smallest absolute Gasteiger partial charge is 0.430 e. The van der Waals surface area contributed by atoms with Crippen molar-refractivity contribution >= 4 is 56.8 Å². The number of thiazole rings is 1. The van der Waals surface area contributed by atoms with E-state index in [-0.39, 0.29) is 21.8 Å². The van der Waals surface area contributed by atoms with E-state index in [1.165, 1.54) is 17.0 Å². The van der Waals surface area contributed by atoms with Crippen molar-refractivity contribution in [2.75, 3.05) is 29.3 Å². The Morgan fingerprint density at radius 2 is 1.78 bits per heavy atom. The molecule has 1 saturated heterocycles. The number of sulfonamides is 1. The van der Waals surface area contributed by atoms with Gasteiger partial charge in [0.05, 0.1) is 10.5 Å². The number of rotatable bonds is 5. The van der Waals surface area contributed by atoms with Crippen LogP contribution < -0.4 is 9.21 Å². The van der Waals surface area contributed by atoms with E-state index in [1.807, 2.05) is 20.8 Å². The SMILES string of the molecule is CN(c1ncc(S(=O)(=O)N(C(=O)OC(C)(C)C)c2cscn2)cc1Cl)[C@H]1CCN(C(=O)OC(C)(C)C)C1. The Kier molecular flexibility index (Phi) is 8.30. The number of likely N-dealkylation sites (N-methyl/N-ethyl adjacent to an activating group) is 1. The molecule has 0 bridgehead atoms. The first-order valence-corrected chi connectivity index (χ1v) is 14.3. The molecule has 0 radical (unpaired) electrons. The Morgan fingerprint density at radius 3 is 2.32 bits per heavy atom. The largest absolute Gasteiger partial charge is 0.444 e. The van der Waals surface area contributed by atoms with Crippen LogP contribution in [0.2, 0.25) is 5.02 Å². The summed E-state index contributed by atoms with van der Waals surface area (Å²) in [4.78, 5) is 36.7. The van der Waals surface area contributed by atoms with E-state index in [4.69, 9.17) is 21.1 Å². The molecular weight excluding hydrogens is 542 g/mol. The second kappa shape index (κ2) is 10.6. The summed E-state index contributed by atoms with van der Waals surface area (Å²) in [5.74, 6) is 0.249. The Labute approximate surface area is 226 Å². The number of hydrogen-bond acceptors (Lipinski definition) is 10. The lowest BCUT2D eigenvalue weighted by atomic mass is 10.2.